The molecule has 0 unspecified atom stereocenters. The van der Waals surface area contributed by atoms with Crippen LogP contribution in [0.5, 0.6) is 11.5 Å². The molecular weight excluding hydrogens is 268 g/mol. The van der Waals surface area contributed by atoms with Gasteiger partial charge in [0.15, 0.2) is 11.5 Å². The van der Waals surface area contributed by atoms with Gasteiger partial charge in [-0.3, -0.25) is 0 Å². The number of nitrogens with zero attached hydrogens (tertiary/aromatic N) is 1. The molecule has 3 rings (SSSR count). The first-order valence-corrected chi connectivity index (χ1v) is 6.41. The predicted octanol–water partition coefficient (Wildman–Crippen LogP) is 2.91. The molecule has 19 heavy (non-hydrogen) atoms. The molecule has 0 amide bonds. The summed E-state index contributed by atoms with van der Waals surface area (Å²) in [6.07, 6.45) is 2.35. The Labute approximate surface area is 115 Å². The number of ether oxygens (including phenoxy) is 2. The number of rotatable bonds is 2. The molecule has 0 atom stereocenters. The third-order valence-corrected chi connectivity index (χ3v) is 3.39. The molecule has 1 aliphatic heterocycles. The molecule has 1 aliphatic rings. The van der Waals surface area contributed by atoms with E-state index in [1.165, 1.54) is 0 Å². The lowest BCUT2D eigenvalue weighted by Gasteiger charge is -2.23. The van der Waals surface area contributed by atoms with E-state index in [2.05, 4.69) is 5.16 Å². The Kier molecular flexibility index (Phi) is 2.98. The van der Waals surface area contributed by atoms with E-state index >= 15 is 0 Å². The van der Waals surface area contributed by atoms with Crippen molar-refractivity contribution in [1.29, 1.82) is 0 Å². The first kappa shape index (κ1) is 12.2. The number of fused-ring (bicyclic) bond motifs is 1. The zero-order chi connectivity index (χ0) is 13.4. The van der Waals surface area contributed by atoms with Gasteiger partial charge in [-0.1, -0.05) is 23.7 Å². The van der Waals surface area contributed by atoms with E-state index in [9.17, 15) is 0 Å². The fourth-order valence-corrected chi connectivity index (χ4v) is 2.51. The molecule has 0 fully saturated rings. The van der Waals surface area contributed by atoms with Gasteiger partial charge in [-0.2, -0.15) is 0 Å². The number of hydrogen-bond donors (Lipinski definition) is 1. The third-order valence-electron chi connectivity index (χ3n) is 3.11. The van der Waals surface area contributed by atoms with Gasteiger partial charge < -0.3 is 19.7 Å². The lowest BCUT2D eigenvalue weighted by molar-refractivity contribution is 0.170. The van der Waals surface area contributed by atoms with Gasteiger partial charge in [-0.25, -0.2) is 0 Å². The van der Waals surface area contributed by atoms with Crippen molar-refractivity contribution in [2.45, 2.75) is 13.3 Å². The molecule has 6 heteroatoms. The molecule has 5 nitrogen and oxygen atoms in total. The fourth-order valence-electron chi connectivity index (χ4n) is 2.26. The van der Waals surface area contributed by atoms with Gasteiger partial charge >= 0.3 is 0 Å². The number of aromatic nitrogens is 1. The van der Waals surface area contributed by atoms with Crippen molar-refractivity contribution < 1.29 is 14.0 Å². The molecule has 1 aromatic heterocycles. The number of halogens is 1. The largest absolute Gasteiger partial charge is 0.486 e. The Morgan fingerprint density at radius 2 is 2.00 bits per heavy atom. The number of nitrogen functional groups attached to an aromatic ring is 1. The summed E-state index contributed by atoms with van der Waals surface area (Å²) >= 11 is 6.25. The van der Waals surface area contributed by atoms with Crippen molar-refractivity contribution in [2.75, 3.05) is 18.9 Å². The van der Waals surface area contributed by atoms with Crippen molar-refractivity contribution >= 4 is 17.5 Å². The summed E-state index contributed by atoms with van der Waals surface area (Å²) in [5.41, 5.74) is 8.36. The molecule has 0 bridgehead atoms. The molecule has 100 valence electrons. The molecule has 0 spiro atoms. The molecular formula is C13H13ClN2O3. The number of nitrogens with two attached hydrogens (primary N) is 1. The summed E-state index contributed by atoms with van der Waals surface area (Å²) < 4.78 is 16.2. The summed E-state index contributed by atoms with van der Waals surface area (Å²) in [5.74, 6) is 1.56. The molecule has 2 heterocycles. The van der Waals surface area contributed by atoms with Crippen LogP contribution in [0.1, 0.15) is 12.5 Å². The molecule has 0 saturated heterocycles. The van der Waals surface area contributed by atoms with E-state index in [0.29, 0.717) is 29.7 Å². The Hall–Kier alpha value is -1.88. The minimum atomic E-state index is 0.266. The highest BCUT2D eigenvalue weighted by molar-refractivity contribution is 6.32. The lowest BCUT2D eigenvalue weighted by Crippen LogP contribution is -2.17. The van der Waals surface area contributed by atoms with Crippen LogP contribution in [-0.2, 0) is 6.42 Å². The fraction of sp³-hybridized carbons (Fsp3) is 0.308. The second kappa shape index (κ2) is 4.66. The van der Waals surface area contributed by atoms with Crippen LogP contribution >= 0.6 is 11.6 Å². The Bertz CT molecular complexity index is 625. The zero-order valence-electron chi connectivity index (χ0n) is 10.4. The Morgan fingerprint density at radius 3 is 2.63 bits per heavy atom. The van der Waals surface area contributed by atoms with Crippen LogP contribution in [0.2, 0.25) is 5.02 Å². The van der Waals surface area contributed by atoms with Crippen molar-refractivity contribution in [2.24, 2.45) is 0 Å². The highest BCUT2D eigenvalue weighted by Crippen LogP contribution is 2.46. The minimum Gasteiger partial charge on any atom is -0.486 e. The first-order chi connectivity index (χ1) is 9.22. The first-order valence-electron chi connectivity index (χ1n) is 6.03. The second-order valence-electron chi connectivity index (χ2n) is 4.20. The smallest absolute Gasteiger partial charge is 0.229 e. The summed E-state index contributed by atoms with van der Waals surface area (Å²) in [6.45, 7) is 3.05. The second-order valence-corrected chi connectivity index (χ2v) is 4.60. The molecule has 2 N–H and O–H groups in total. The van der Waals surface area contributed by atoms with Crippen molar-refractivity contribution in [1.82, 2.24) is 5.16 Å². The maximum atomic E-state index is 6.25. The van der Waals surface area contributed by atoms with Gasteiger partial charge in [0.2, 0.25) is 5.88 Å². The predicted molar refractivity (Wildman–Crippen MR) is 71.7 cm³/mol. The van der Waals surface area contributed by atoms with Crippen molar-refractivity contribution in [3.8, 4) is 22.6 Å². The standard InChI is InChI=1S/C13H13ClN2O3/c1-2-7-8(9-6-16-19-13(9)15)5-10(14)12-11(7)17-3-4-18-12/h5-6H,2-4,15H2,1H3. The lowest BCUT2D eigenvalue weighted by atomic mass is 9.98. The minimum absolute atomic E-state index is 0.266. The van der Waals surface area contributed by atoms with E-state index in [1.807, 2.05) is 13.0 Å². The molecule has 0 radical (unpaired) electrons. The van der Waals surface area contributed by atoms with E-state index in [4.69, 9.17) is 31.3 Å². The maximum absolute atomic E-state index is 6.25. The highest BCUT2D eigenvalue weighted by atomic mass is 35.5. The Balaban J connectivity index is 2.26. The van der Waals surface area contributed by atoms with Crippen molar-refractivity contribution in [3.63, 3.8) is 0 Å². The number of hydrogen-bond acceptors (Lipinski definition) is 5. The van der Waals surface area contributed by atoms with Crippen molar-refractivity contribution in [3.05, 3.63) is 22.8 Å². The van der Waals surface area contributed by atoms with Gasteiger partial charge in [0.05, 0.1) is 16.8 Å². The average Bonchev–Trinajstić information content (AvgIpc) is 2.85. The van der Waals surface area contributed by atoms with Crippen LogP contribution in [0.4, 0.5) is 5.88 Å². The van der Waals surface area contributed by atoms with Crippen LogP contribution in [-0.4, -0.2) is 18.4 Å². The van der Waals surface area contributed by atoms with Gasteiger partial charge in [0.1, 0.15) is 13.2 Å². The topological polar surface area (TPSA) is 70.5 Å². The molecule has 1 aromatic carbocycles. The van der Waals surface area contributed by atoms with E-state index < -0.39 is 0 Å². The summed E-state index contributed by atoms with van der Waals surface area (Å²) in [6, 6.07) is 1.82. The number of anilines is 1. The Morgan fingerprint density at radius 1 is 1.26 bits per heavy atom. The van der Waals surface area contributed by atoms with E-state index in [0.717, 1.165) is 23.1 Å². The zero-order valence-corrected chi connectivity index (χ0v) is 11.2. The molecule has 0 saturated carbocycles. The van der Waals surface area contributed by atoms with Gasteiger partial charge in [-0.15, -0.1) is 0 Å². The van der Waals surface area contributed by atoms with Gasteiger partial charge in [-0.05, 0) is 18.1 Å². The maximum Gasteiger partial charge on any atom is 0.229 e. The quantitative estimate of drug-likeness (QED) is 0.916. The summed E-state index contributed by atoms with van der Waals surface area (Å²) in [7, 11) is 0. The average molecular weight is 281 g/mol. The van der Waals surface area contributed by atoms with Gasteiger partial charge in [0.25, 0.3) is 0 Å². The van der Waals surface area contributed by atoms with Crippen LogP contribution in [0.3, 0.4) is 0 Å². The summed E-state index contributed by atoms with van der Waals surface area (Å²) in [5, 5.41) is 4.20. The highest BCUT2D eigenvalue weighted by Gasteiger charge is 2.24. The third kappa shape index (κ3) is 1.90. The molecule has 0 aliphatic carbocycles. The van der Waals surface area contributed by atoms with Crippen LogP contribution < -0.4 is 15.2 Å². The van der Waals surface area contributed by atoms with E-state index in [1.54, 1.807) is 6.20 Å². The van der Waals surface area contributed by atoms with Gasteiger partial charge in [0, 0.05) is 5.56 Å². The molecule has 2 aromatic rings. The normalized spacial score (nSPS) is 13.6. The number of benzene rings is 1. The monoisotopic (exact) mass is 280 g/mol. The van der Waals surface area contributed by atoms with Crippen LogP contribution in [0, 0.1) is 0 Å². The van der Waals surface area contributed by atoms with Crippen LogP contribution in [0.25, 0.3) is 11.1 Å². The SMILES string of the molecule is CCc1c(-c2cnoc2N)cc(Cl)c2c1OCCO2. The summed E-state index contributed by atoms with van der Waals surface area (Å²) in [4.78, 5) is 0. The van der Waals surface area contributed by atoms with E-state index in [-0.39, 0.29) is 5.88 Å². The van der Waals surface area contributed by atoms with Crippen LogP contribution in [0.15, 0.2) is 16.8 Å².